The molecule has 0 atom stereocenters. The first-order valence-corrected chi connectivity index (χ1v) is 11.5. The lowest BCUT2D eigenvalue weighted by molar-refractivity contribution is 0.639. The molecule has 6 nitrogen and oxygen atoms in total. The number of piperazine rings is 1. The second-order valence-corrected chi connectivity index (χ2v) is 7.89. The predicted molar refractivity (Wildman–Crippen MR) is 143 cm³/mol. The Hall–Kier alpha value is -4.11. The van der Waals surface area contributed by atoms with Crippen LogP contribution in [0.25, 0.3) is 12.2 Å². The van der Waals surface area contributed by atoms with Gasteiger partial charge in [-0.25, -0.2) is 4.98 Å². The molecule has 6 heteroatoms. The minimum Gasteiger partial charge on any atom is -0.367 e. The maximum Gasteiger partial charge on any atom is 0.228 e. The molecule has 0 unspecified atom stereocenters. The molecule has 0 radical (unpaired) electrons. The van der Waals surface area contributed by atoms with E-state index in [1.165, 1.54) is 0 Å². The molecule has 1 aliphatic rings. The summed E-state index contributed by atoms with van der Waals surface area (Å²) in [6.45, 7) is 16.8. The zero-order chi connectivity index (χ0) is 24.5. The smallest absolute Gasteiger partial charge is 0.228 e. The molecular weight excluding hydrogens is 420 g/mol. The zero-order valence-electron chi connectivity index (χ0n) is 20.3. The lowest BCUT2D eigenvalue weighted by Gasteiger charge is -2.36. The van der Waals surface area contributed by atoms with Gasteiger partial charge in [-0.15, -0.1) is 0 Å². The average molecular weight is 453 g/mol. The Balaban J connectivity index is 1.97. The van der Waals surface area contributed by atoms with Gasteiger partial charge in [0.05, 0.1) is 16.6 Å². The molecule has 174 valence electrons. The largest absolute Gasteiger partial charge is 0.367 e. The van der Waals surface area contributed by atoms with E-state index in [2.05, 4.69) is 34.3 Å². The summed E-state index contributed by atoms with van der Waals surface area (Å²) in [5.41, 5.74) is 3.64. The maximum absolute atomic E-state index is 9.46. The highest BCUT2D eigenvalue weighted by molar-refractivity contribution is 5.60. The SMILES string of the molecule is C=C/C=c1/nc(N2CCN(c3ccccc3C#N)CC2)nc(NC(/C=C\C)=C(\C)C=C)/c1=C/C. The number of hydrogen-bond donors (Lipinski definition) is 1. The van der Waals surface area contributed by atoms with E-state index >= 15 is 0 Å². The first kappa shape index (κ1) is 24.5. The molecule has 1 aromatic carbocycles. The molecule has 34 heavy (non-hydrogen) atoms. The summed E-state index contributed by atoms with van der Waals surface area (Å²) in [4.78, 5) is 14.2. The summed E-state index contributed by atoms with van der Waals surface area (Å²) in [5.74, 6) is 1.41. The van der Waals surface area contributed by atoms with Gasteiger partial charge < -0.3 is 15.1 Å². The highest BCUT2D eigenvalue weighted by Gasteiger charge is 2.21. The topological polar surface area (TPSA) is 68.1 Å². The number of hydrogen-bond acceptors (Lipinski definition) is 6. The molecule has 0 aliphatic carbocycles. The van der Waals surface area contributed by atoms with Gasteiger partial charge in [0.1, 0.15) is 11.9 Å². The molecule has 1 fully saturated rings. The van der Waals surface area contributed by atoms with Crippen molar-refractivity contribution in [3.05, 3.63) is 89.1 Å². The van der Waals surface area contributed by atoms with Crippen LogP contribution in [0.3, 0.4) is 0 Å². The highest BCUT2D eigenvalue weighted by atomic mass is 15.3. The minimum absolute atomic E-state index is 0.672. The Morgan fingerprint density at radius 3 is 2.41 bits per heavy atom. The fourth-order valence-electron chi connectivity index (χ4n) is 3.90. The molecule has 3 rings (SSSR count). The molecule has 2 heterocycles. The lowest BCUT2D eigenvalue weighted by Crippen LogP contribution is -2.48. The molecule has 1 aliphatic heterocycles. The van der Waals surface area contributed by atoms with E-state index in [0.29, 0.717) is 11.5 Å². The summed E-state index contributed by atoms with van der Waals surface area (Å²) < 4.78 is 0. The van der Waals surface area contributed by atoms with Crippen molar-refractivity contribution in [3.8, 4) is 6.07 Å². The van der Waals surface area contributed by atoms with Gasteiger partial charge in [-0.05, 0) is 50.6 Å². The lowest BCUT2D eigenvalue weighted by atomic mass is 10.1. The Morgan fingerprint density at radius 2 is 1.79 bits per heavy atom. The molecule has 0 amide bonds. The maximum atomic E-state index is 9.46. The fourth-order valence-corrected chi connectivity index (χ4v) is 3.90. The number of anilines is 3. The number of nitrogens with zero attached hydrogens (tertiary/aromatic N) is 5. The number of nitrogens with one attached hydrogen (secondary N) is 1. The van der Waals surface area contributed by atoms with Gasteiger partial charge in [0.25, 0.3) is 0 Å². The molecule has 2 aromatic rings. The first-order chi connectivity index (χ1) is 16.6. The average Bonchev–Trinajstić information content (AvgIpc) is 2.88. The van der Waals surface area contributed by atoms with E-state index < -0.39 is 0 Å². The number of aromatic nitrogens is 2. The predicted octanol–water partition coefficient (Wildman–Crippen LogP) is 3.89. The Bertz CT molecular complexity index is 1270. The van der Waals surface area contributed by atoms with Gasteiger partial charge in [-0.2, -0.15) is 10.2 Å². The van der Waals surface area contributed by atoms with Crippen molar-refractivity contribution in [3.63, 3.8) is 0 Å². The Labute approximate surface area is 202 Å². The molecule has 0 saturated carbocycles. The van der Waals surface area contributed by atoms with E-state index in [0.717, 1.165) is 59.5 Å². The number of rotatable bonds is 7. The van der Waals surface area contributed by atoms with Crippen LogP contribution >= 0.6 is 0 Å². The molecule has 1 N–H and O–H groups in total. The van der Waals surface area contributed by atoms with E-state index in [4.69, 9.17) is 9.97 Å². The fraction of sp³-hybridized carbons (Fsp3) is 0.250. The summed E-state index contributed by atoms with van der Waals surface area (Å²) in [6.07, 6.45) is 11.5. The van der Waals surface area contributed by atoms with Crippen molar-refractivity contribution in [2.75, 3.05) is 41.3 Å². The summed E-state index contributed by atoms with van der Waals surface area (Å²) in [5, 5.41) is 14.7. The third-order valence-electron chi connectivity index (χ3n) is 5.77. The van der Waals surface area contributed by atoms with Crippen LogP contribution in [0.5, 0.6) is 0 Å². The molecule has 0 bridgehead atoms. The van der Waals surface area contributed by atoms with Crippen LogP contribution < -0.4 is 25.7 Å². The highest BCUT2D eigenvalue weighted by Crippen LogP contribution is 2.22. The van der Waals surface area contributed by atoms with E-state index in [1.54, 1.807) is 6.08 Å². The quantitative estimate of drug-likeness (QED) is 0.643. The third-order valence-corrected chi connectivity index (χ3v) is 5.77. The van der Waals surface area contributed by atoms with Crippen molar-refractivity contribution >= 4 is 29.6 Å². The van der Waals surface area contributed by atoms with Gasteiger partial charge in [0.15, 0.2) is 0 Å². The standard InChI is InChI=1S/C28H32N6/c1-6-12-24(21(5)8-3)30-27-23(9-4)25(13-7-2)31-28(32-27)34-18-16-33(17-19-34)26-15-11-10-14-22(26)20-29/h6-15H,2-3,16-19H2,1,4-5H3,(H,30,31,32)/b12-6-,23-9+,24-21+,25-13+. The summed E-state index contributed by atoms with van der Waals surface area (Å²) >= 11 is 0. The minimum atomic E-state index is 0.672. The van der Waals surface area contributed by atoms with Crippen molar-refractivity contribution in [2.45, 2.75) is 20.8 Å². The number of benzene rings is 1. The molecular formula is C28H32N6. The van der Waals surface area contributed by atoms with E-state index in [9.17, 15) is 5.26 Å². The second-order valence-electron chi connectivity index (χ2n) is 7.89. The van der Waals surface area contributed by atoms with Gasteiger partial charge in [-0.3, -0.25) is 0 Å². The van der Waals surface area contributed by atoms with Gasteiger partial charge in [0.2, 0.25) is 5.95 Å². The Kier molecular flexibility index (Phi) is 8.42. The molecule has 1 saturated heterocycles. The van der Waals surface area contributed by atoms with E-state index in [-0.39, 0.29) is 0 Å². The van der Waals surface area contributed by atoms with Crippen LogP contribution in [0.4, 0.5) is 17.5 Å². The second kappa shape index (κ2) is 11.7. The monoisotopic (exact) mass is 452 g/mol. The van der Waals surface area contributed by atoms with Crippen LogP contribution in [0.15, 0.2) is 73.0 Å². The zero-order valence-corrected chi connectivity index (χ0v) is 20.3. The van der Waals surface area contributed by atoms with Crippen LogP contribution in [0, 0.1) is 11.3 Å². The normalized spacial score (nSPS) is 15.8. The molecule has 0 spiro atoms. The number of nitriles is 1. The first-order valence-electron chi connectivity index (χ1n) is 11.5. The number of allylic oxidation sites excluding steroid dienone is 5. The summed E-state index contributed by atoms with van der Waals surface area (Å²) in [6, 6.07) is 10.0. The van der Waals surface area contributed by atoms with Crippen LogP contribution in [0.1, 0.15) is 26.3 Å². The Morgan fingerprint density at radius 1 is 1.09 bits per heavy atom. The van der Waals surface area contributed by atoms with Crippen molar-refractivity contribution in [1.29, 1.82) is 5.26 Å². The number of para-hydroxylation sites is 1. The van der Waals surface area contributed by atoms with Crippen LogP contribution in [-0.2, 0) is 0 Å². The van der Waals surface area contributed by atoms with Gasteiger partial charge in [-0.1, -0.05) is 49.6 Å². The van der Waals surface area contributed by atoms with Crippen molar-refractivity contribution in [2.24, 2.45) is 0 Å². The van der Waals surface area contributed by atoms with Gasteiger partial charge in [0, 0.05) is 37.1 Å². The van der Waals surface area contributed by atoms with Crippen LogP contribution in [0.2, 0.25) is 0 Å². The third kappa shape index (κ3) is 5.44. The van der Waals surface area contributed by atoms with Crippen LogP contribution in [-0.4, -0.2) is 36.1 Å². The van der Waals surface area contributed by atoms with Gasteiger partial charge >= 0.3 is 0 Å². The van der Waals surface area contributed by atoms with Crippen molar-refractivity contribution in [1.82, 2.24) is 9.97 Å². The van der Waals surface area contributed by atoms with Crippen molar-refractivity contribution < 1.29 is 0 Å². The van der Waals surface area contributed by atoms with E-state index in [1.807, 2.05) is 75.4 Å². The summed E-state index contributed by atoms with van der Waals surface area (Å²) in [7, 11) is 0. The molecule has 1 aromatic heterocycles.